The average Bonchev–Trinajstić information content (AvgIpc) is 2.59. The third-order valence-corrected chi connectivity index (χ3v) is 2.20. The highest BCUT2D eigenvalue weighted by molar-refractivity contribution is 5.87. The van der Waals surface area contributed by atoms with E-state index in [1.165, 1.54) is 0 Å². The SMILES string of the molecule is NC(C=O)c1c[nH]c2ccc(O)cc12. The quantitative estimate of drug-likeness (QED) is 0.620. The lowest BCUT2D eigenvalue weighted by molar-refractivity contribution is -0.108. The number of H-pyrrole nitrogens is 1. The fraction of sp³-hybridized carbons (Fsp3) is 0.100. The molecule has 0 fully saturated rings. The first kappa shape index (κ1) is 8.77. The highest BCUT2D eigenvalue weighted by Gasteiger charge is 2.10. The van der Waals surface area contributed by atoms with Crippen molar-refractivity contribution in [3.05, 3.63) is 30.0 Å². The zero-order valence-electron chi connectivity index (χ0n) is 7.40. The normalized spacial score (nSPS) is 12.9. The Morgan fingerprint density at radius 2 is 2.29 bits per heavy atom. The topological polar surface area (TPSA) is 79.1 Å². The van der Waals surface area contributed by atoms with E-state index in [0.717, 1.165) is 10.9 Å². The van der Waals surface area contributed by atoms with Gasteiger partial charge in [0.2, 0.25) is 0 Å². The number of hydrogen-bond donors (Lipinski definition) is 3. The number of phenols is 1. The molecule has 0 aliphatic heterocycles. The van der Waals surface area contributed by atoms with Gasteiger partial charge in [0, 0.05) is 22.7 Å². The van der Waals surface area contributed by atoms with Crippen LogP contribution in [0.2, 0.25) is 0 Å². The second-order valence-corrected chi connectivity index (χ2v) is 3.14. The van der Waals surface area contributed by atoms with E-state index >= 15 is 0 Å². The molecular formula is C10H10N2O2. The largest absolute Gasteiger partial charge is 0.508 e. The Morgan fingerprint density at radius 1 is 1.50 bits per heavy atom. The van der Waals surface area contributed by atoms with Crippen molar-refractivity contribution in [1.82, 2.24) is 4.98 Å². The molecule has 1 heterocycles. The van der Waals surface area contributed by atoms with Gasteiger partial charge in [-0.15, -0.1) is 0 Å². The molecule has 1 unspecified atom stereocenters. The lowest BCUT2D eigenvalue weighted by Crippen LogP contribution is -2.10. The molecule has 72 valence electrons. The number of carbonyl (C=O) groups excluding carboxylic acids is 1. The number of rotatable bonds is 2. The maximum Gasteiger partial charge on any atom is 0.141 e. The number of fused-ring (bicyclic) bond motifs is 1. The van der Waals surface area contributed by atoms with Crippen molar-refractivity contribution in [1.29, 1.82) is 0 Å². The number of nitrogens with two attached hydrogens (primary N) is 1. The summed E-state index contributed by atoms with van der Waals surface area (Å²) in [6, 6.07) is 4.26. The Kier molecular flexibility index (Phi) is 1.98. The smallest absolute Gasteiger partial charge is 0.141 e. The number of aldehydes is 1. The zero-order valence-corrected chi connectivity index (χ0v) is 7.40. The number of aromatic hydroxyl groups is 1. The van der Waals surface area contributed by atoms with E-state index in [1.54, 1.807) is 24.4 Å². The van der Waals surface area contributed by atoms with Crippen molar-refractivity contribution in [2.24, 2.45) is 5.73 Å². The van der Waals surface area contributed by atoms with Gasteiger partial charge in [-0.25, -0.2) is 0 Å². The van der Waals surface area contributed by atoms with Crippen LogP contribution in [0.3, 0.4) is 0 Å². The summed E-state index contributed by atoms with van der Waals surface area (Å²) in [6.07, 6.45) is 2.36. The molecule has 0 saturated carbocycles. The standard InChI is InChI=1S/C10H10N2O2/c11-9(5-13)8-4-12-10-2-1-6(14)3-7(8)10/h1-5,9,12,14H,11H2. The Labute approximate surface area is 80.3 Å². The highest BCUT2D eigenvalue weighted by Crippen LogP contribution is 2.25. The van der Waals surface area contributed by atoms with Gasteiger partial charge in [-0.2, -0.15) is 0 Å². The van der Waals surface area contributed by atoms with E-state index < -0.39 is 6.04 Å². The van der Waals surface area contributed by atoms with Crippen molar-refractivity contribution in [2.75, 3.05) is 0 Å². The summed E-state index contributed by atoms with van der Waals surface area (Å²) in [4.78, 5) is 13.5. The van der Waals surface area contributed by atoms with Gasteiger partial charge in [-0.05, 0) is 18.2 Å². The number of benzene rings is 1. The van der Waals surface area contributed by atoms with Crippen LogP contribution in [0.25, 0.3) is 10.9 Å². The van der Waals surface area contributed by atoms with E-state index in [4.69, 9.17) is 5.73 Å². The van der Waals surface area contributed by atoms with Crippen LogP contribution in [0.4, 0.5) is 0 Å². The van der Waals surface area contributed by atoms with Crippen LogP contribution in [0.1, 0.15) is 11.6 Å². The molecule has 1 aromatic heterocycles. The Hall–Kier alpha value is -1.81. The third-order valence-electron chi connectivity index (χ3n) is 2.20. The van der Waals surface area contributed by atoms with Gasteiger partial charge in [-0.1, -0.05) is 0 Å². The monoisotopic (exact) mass is 190 g/mol. The minimum Gasteiger partial charge on any atom is -0.508 e. The van der Waals surface area contributed by atoms with Crippen LogP contribution in [-0.4, -0.2) is 16.4 Å². The molecule has 0 radical (unpaired) electrons. The molecule has 4 heteroatoms. The summed E-state index contributed by atoms with van der Waals surface area (Å²) in [5, 5.41) is 10.1. The molecular weight excluding hydrogens is 180 g/mol. The molecule has 2 rings (SSSR count). The van der Waals surface area contributed by atoms with Crippen molar-refractivity contribution in [3.8, 4) is 5.75 Å². The predicted octanol–water partition coefficient (Wildman–Crippen LogP) is 1.07. The summed E-state index contributed by atoms with van der Waals surface area (Å²) < 4.78 is 0. The van der Waals surface area contributed by atoms with Gasteiger partial charge in [0.25, 0.3) is 0 Å². The minimum atomic E-state index is -0.648. The number of phenolic OH excluding ortho intramolecular Hbond substituents is 1. The van der Waals surface area contributed by atoms with E-state index in [0.29, 0.717) is 11.8 Å². The van der Waals surface area contributed by atoms with Gasteiger partial charge in [-0.3, -0.25) is 0 Å². The molecule has 1 aromatic carbocycles. The predicted molar refractivity (Wildman–Crippen MR) is 53.0 cm³/mol. The second-order valence-electron chi connectivity index (χ2n) is 3.14. The Balaban J connectivity index is 2.66. The first-order chi connectivity index (χ1) is 6.72. The molecule has 2 aromatic rings. The maximum absolute atomic E-state index is 10.5. The molecule has 0 saturated heterocycles. The van der Waals surface area contributed by atoms with E-state index in [-0.39, 0.29) is 5.75 Å². The van der Waals surface area contributed by atoms with Crippen LogP contribution >= 0.6 is 0 Å². The summed E-state index contributed by atoms with van der Waals surface area (Å²) in [5.74, 6) is 0.163. The summed E-state index contributed by atoms with van der Waals surface area (Å²) in [7, 11) is 0. The van der Waals surface area contributed by atoms with E-state index in [9.17, 15) is 9.90 Å². The molecule has 0 bridgehead atoms. The Bertz CT molecular complexity index is 476. The fourth-order valence-electron chi connectivity index (χ4n) is 1.48. The van der Waals surface area contributed by atoms with Crippen molar-refractivity contribution in [3.63, 3.8) is 0 Å². The summed E-state index contributed by atoms with van der Waals surface area (Å²) in [6.45, 7) is 0. The first-order valence-electron chi connectivity index (χ1n) is 4.23. The first-order valence-corrected chi connectivity index (χ1v) is 4.23. The molecule has 0 aliphatic rings. The maximum atomic E-state index is 10.5. The number of nitrogens with one attached hydrogen (secondary N) is 1. The van der Waals surface area contributed by atoms with Crippen LogP contribution in [0.15, 0.2) is 24.4 Å². The molecule has 4 N–H and O–H groups in total. The Morgan fingerprint density at radius 3 is 3.00 bits per heavy atom. The highest BCUT2D eigenvalue weighted by atomic mass is 16.3. The van der Waals surface area contributed by atoms with Crippen LogP contribution < -0.4 is 5.73 Å². The number of aromatic amines is 1. The van der Waals surface area contributed by atoms with Gasteiger partial charge in [0.05, 0.1) is 6.04 Å². The van der Waals surface area contributed by atoms with Crippen molar-refractivity contribution < 1.29 is 9.90 Å². The average molecular weight is 190 g/mol. The van der Waals surface area contributed by atoms with Crippen LogP contribution in [0.5, 0.6) is 5.75 Å². The molecule has 14 heavy (non-hydrogen) atoms. The number of aromatic nitrogens is 1. The van der Waals surface area contributed by atoms with Gasteiger partial charge < -0.3 is 20.6 Å². The minimum absolute atomic E-state index is 0.163. The molecule has 0 amide bonds. The molecule has 1 atom stereocenters. The second kappa shape index (κ2) is 3.16. The van der Waals surface area contributed by atoms with E-state index in [2.05, 4.69) is 4.98 Å². The molecule has 0 aliphatic carbocycles. The number of carbonyl (C=O) groups is 1. The summed E-state index contributed by atoms with van der Waals surface area (Å²) >= 11 is 0. The number of hydrogen-bond acceptors (Lipinski definition) is 3. The third kappa shape index (κ3) is 1.25. The lowest BCUT2D eigenvalue weighted by atomic mass is 10.1. The van der Waals surface area contributed by atoms with Crippen molar-refractivity contribution >= 4 is 17.2 Å². The van der Waals surface area contributed by atoms with Gasteiger partial charge in [0.15, 0.2) is 0 Å². The van der Waals surface area contributed by atoms with Gasteiger partial charge in [0.1, 0.15) is 12.0 Å². The summed E-state index contributed by atoms with van der Waals surface area (Å²) in [5.41, 5.74) is 7.14. The van der Waals surface area contributed by atoms with Crippen LogP contribution in [0, 0.1) is 0 Å². The molecule has 4 nitrogen and oxygen atoms in total. The van der Waals surface area contributed by atoms with Crippen LogP contribution in [-0.2, 0) is 4.79 Å². The van der Waals surface area contributed by atoms with Gasteiger partial charge >= 0.3 is 0 Å². The molecule has 0 spiro atoms. The van der Waals surface area contributed by atoms with Crippen molar-refractivity contribution in [2.45, 2.75) is 6.04 Å². The fourth-order valence-corrected chi connectivity index (χ4v) is 1.48. The lowest BCUT2D eigenvalue weighted by Gasteiger charge is -2.01. The zero-order chi connectivity index (χ0) is 10.1. The van der Waals surface area contributed by atoms with E-state index in [1.807, 2.05) is 0 Å².